The van der Waals surface area contributed by atoms with Gasteiger partial charge in [-0.3, -0.25) is 4.98 Å². The van der Waals surface area contributed by atoms with E-state index in [0.29, 0.717) is 0 Å². The second kappa shape index (κ2) is 1.90. The van der Waals surface area contributed by atoms with Crippen LogP contribution in [0.2, 0.25) is 0 Å². The van der Waals surface area contributed by atoms with E-state index < -0.39 is 0 Å². The van der Waals surface area contributed by atoms with Crippen molar-refractivity contribution in [2.45, 2.75) is 13.8 Å². The van der Waals surface area contributed by atoms with Crippen molar-refractivity contribution in [2.24, 2.45) is 0 Å². The zero-order chi connectivity index (χ0) is 5.98. The summed E-state index contributed by atoms with van der Waals surface area (Å²) >= 11 is 0. The Balaban J connectivity index is 3.03. The Labute approximate surface area is 48.6 Å². The highest BCUT2D eigenvalue weighted by molar-refractivity contribution is 4.95. The first-order chi connectivity index (χ1) is 3.79. The molecule has 0 saturated carbocycles. The highest BCUT2D eigenvalue weighted by atomic mass is 14.8. The fourth-order valence-corrected chi connectivity index (χ4v) is 0.417. The van der Waals surface area contributed by atoms with Gasteiger partial charge in [-0.15, -0.1) is 0 Å². The Bertz CT molecular complexity index is 145. The molecule has 2 heteroatoms. The number of aryl methyl sites for hydroxylation is 2. The van der Waals surface area contributed by atoms with Gasteiger partial charge in [-0.1, -0.05) is 0 Å². The minimum atomic E-state index is 0.843. The summed E-state index contributed by atoms with van der Waals surface area (Å²) in [5.41, 5.74) is 1.76. The zero-order valence-electron chi connectivity index (χ0n) is 4.97. The van der Waals surface area contributed by atoms with Gasteiger partial charge in [0.15, 0.2) is 0 Å². The van der Waals surface area contributed by atoms with Gasteiger partial charge in [0, 0.05) is 6.20 Å². The van der Waals surface area contributed by atoms with Crippen molar-refractivity contribution in [3.63, 3.8) is 0 Å². The SMILES string of the molecule is Cc1[c]nc(C)cn1. The molecule has 0 aliphatic carbocycles. The third-order valence-electron chi connectivity index (χ3n) is 0.839. The first-order valence-electron chi connectivity index (χ1n) is 2.47. The smallest absolute Gasteiger partial charge is 0.112 e. The van der Waals surface area contributed by atoms with E-state index in [4.69, 9.17) is 0 Å². The van der Waals surface area contributed by atoms with Crippen LogP contribution in [0, 0.1) is 20.0 Å². The molecule has 0 aromatic carbocycles. The van der Waals surface area contributed by atoms with E-state index in [0.717, 1.165) is 11.4 Å². The molecule has 0 atom stereocenters. The summed E-state index contributed by atoms with van der Waals surface area (Å²) in [4.78, 5) is 7.85. The van der Waals surface area contributed by atoms with Gasteiger partial charge in [-0.05, 0) is 13.8 Å². The molecule has 1 rings (SSSR count). The number of hydrogen-bond acceptors (Lipinski definition) is 2. The molecule has 0 saturated heterocycles. The van der Waals surface area contributed by atoms with E-state index in [2.05, 4.69) is 16.2 Å². The molecule has 0 unspecified atom stereocenters. The molecule has 8 heavy (non-hydrogen) atoms. The first kappa shape index (κ1) is 5.22. The van der Waals surface area contributed by atoms with Crippen LogP contribution >= 0.6 is 0 Å². The number of rotatable bonds is 0. The minimum Gasteiger partial charge on any atom is -0.257 e. The van der Waals surface area contributed by atoms with Crippen molar-refractivity contribution in [3.8, 4) is 0 Å². The third-order valence-corrected chi connectivity index (χ3v) is 0.839. The number of aromatic nitrogens is 2. The minimum absolute atomic E-state index is 0.843. The second-order valence-electron chi connectivity index (χ2n) is 1.71. The fourth-order valence-electron chi connectivity index (χ4n) is 0.417. The van der Waals surface area contributed by atoms with E-state index >= 15 is 0 Å². The molecule has 0 N–H and O–H groups in total. The lowest BCUT2D eigenvalue weighted by atomic mass is 10.5. The summed E-state index contributed by atoms with van der Waals surface area (Å²) in [5, 5.41) is 0. The predicted octanol–water partition coefficient (Wildman–Crippen LogP) is 0.894. The van der Waals surface area contributed by atoms with Crippen molar-refractivity contribution in [3.05, 3.63) is 23.8 Å². The summed E-state index contributed by atoms with van der Waals surface area (Å²) in [6, 6.07) is 0. The molecule has 1 heterocycles. The van der Waals surface area contributed by atoms with Gasteiger partial charge in [0.25, 0.3) is 0 Å². The molecule has 0 bridgehead atoms. The van der Waals surface area contributed by atoms with Gasteiger partial charge in [0.2, 0.25) is 0 Å². The summed E-state index contributed by atoms with van der Waals surface area (Å²) < 4.78 is 0. The van der Waals surface area contributed by atoms with Gasteiger partial charge >= 0.3 is 0 Å². The van der Waals surface area contributed by atoms with E-state index in [-0.39, 0.29) is 0 Å². The number of nitrogens with zero attached hydrogens (tertiary/aromatic N) is 2. The summed E-state index contributed by atoms with van der Waals surface area (Å²) in [7, 11) is 0. The molecule has 41 valence electrons. The Morgan fingerprint density at radius 3 is 2.62 bits per heavy atom. The normalized spacial score (nSPS) is 9.25. The molecule has 0 aliphatic heterocycles. The van der Waals surface area contributed by atoms with Crippen LogP contribution in [0.4, 0.5) is 0 Å². The van der Waals surface area contributed by atoms with Gasteiger partial charge in [-0.25, -0.2) is 4.98 Å². The maximum atomic E-state index is 3.96. The third kappa shape index (κ3) is 1.03. The number of hydrogen-bond donors (Lipinski definition) is 0. The maximum absolute atomic E-state index is 3.96. The lowest BCUT2D eigenvalue weighted by Crippen LogP contribution is -1.85. The topological polar surface area (TPSA) is 25.8 Å². The Morgan fingerprint density at radius 1 is 1.50 bits per heavy atom. The van der Waals surface area contributed by atoms with Crippen molar-refractivity contribution in [2.75, 3.05) is 0 Å². The molecule has 0 fully saturated rings. The van der Waals surface area contributed by atoms with Gasteiger partial charge in [0.1, 0.15) is 6.20 Å². The van der Waals surface area contributed by atoms with Crippen LogP contribution in [0.3, 0.4) is 0 Å². The molecule has 1 radical (unpaired) electrons. The van der Waals surface area contributed by atoms with Crippen molar-refractivity contribution in [1.29, 1.82) is 0 Å². The maximum Gasteiger partial charge on any atom is 0.112 e. The Kier molecular flexibility index (Phi) is 1.24. The second-order valence-corrected chi connectivity index (χ2v) is 1.71. The van der Waals surface area contributed by atoms with E-state index in [1.807, 2.05) is 13.8 Å². The van der Waals surface area contributed by atoms with Gasteiger partial charge in [-0.2, -0.15) is 0 Å². The summed E-state index contributed by atoms with van der Waals surface area (Å²) in [6.07, 6.45) is 4.47. The molecular weight excluding hydrogens is 100 g/mol. The molecule has 0 amide bonds. The standard InChI is InChI=1S/C6H7N2/c1-5-3-8-6(2)4-7-5/h3H,1-2H3. The Hall–Kier alpha value is -0.920. The zero-order valence-corrected chi connectivity index (χ0v) is 4.97. The largest absolute Gasteiger partial charge is 0.257 e. The summed E-state index contributed by atoms with van der Waals surface area (Å²) in [6.45, 7) is 3.76. The average Bonchev–Trinajstić information content (AvgIpc) is 1.77. The van der Waals surface area contributed by atoms with Crippen LogP contribution in [0.25, 0.3) is 0 Å². The average molecular weight is 107 g/mol. The Morgan fingerprint density at radius 2 is 2.25 bits per heavy atom. The fraction of sp³-hybridized carbons (Fsp3) is 0.333. The lowest BCUT2D eigenvalue weighted by molar-refractivity contribution is 1.05. The highest BCUT2D eigenvalue weighted by Gasteiger charge is 1.83. The molecule has 0 spiro atoms. The van der Waals surface area contributed by atoms with E-state index in [9.17, 15) is 0 Å². The van der Waals surface area contributed by atoms with E-state index in [1.165, 1.54) is 0 Å². The van der Waals surface area contributed by atoms with Gasteiger partial charge < -0.3 is 0 Å². The molecule has 2 nitrogen and oxygen atoms in total. The lowest BCUT2D eigenvalue weighted by Gasteiger charge is -1.87. The molecule has 0 aliphatic rings. The first-order valence-corrected chi connectivity index (χ1v) is 2.47. The molecular formula is C6H7N2. The van der Waals surface area contributed by atoms with Crippen molar-refractivity contribution in [1.82, 2.24) is 9.97 Å². The highest BCUT2D eigenvalue weighted by Crippen LogP contribution is 1.87. The monoisotopic (exact) mass is 107 g/mol. The van der Waals surface area contributed by atoms with Crippen LogP contribution in [-0.2, 0) is 0 Å². The molecule has 1 aromatic rings. The van der Waals surface area contributed by atoms with Crippen LogP contribution < -0.4 is 0 Å². The van der Waals surface area contributed by atoms with Gasteiger partial charge in [0.05, 0.1) is 11.4 Å². The van der Waals surface area contributed by atoms with Crippen LogP contribution in [0.5, 0.6) is 0 Å². The quantitative estimate of drug-likeness (QED) is 0.492. The van der Waals surface area contributed by atoms with Crippen molar-refractivity contribution < 1.29 is 0 Å². The van der Waals surface area contributed by atoms with Crippen LogP contribution in [-0.4, -0.2) is 9.97 Å². The summed E-state index contributed by atoms with van der Waals surface area (Å²) in [5.74, 6) is 0. The van der Waals surface area contributed by atoms with Crippen molar-refractivity contribution >= 4 is 0 Å². The van der Waals surface area contributed by atoms with E-state index in [1.54, 1.807) is 6.20 Å². The van der Waals surface area contributed by atoms with Crippen LogP contribution in [0.15, 0.2) is 6.20 Å². The van der Waals surface area contributed by atoms with Crippen LogP contribution in [0.1, 0.15) is 11.4 Å². The predicted molar refractivity (Wildman–Crippen MR) is 30.3 cm³/mol. The molecule has 1 aromatic heterocycles.